The highest BCUT2D eigenvalue weighted by Crippen LogP contribution is 2.39. The number of nitrogens with one attached hydrogen (secondary N) is 1. The van der Waals surface area contributed by atoms with Crippen LogP contribution in [0.5, 0.6) is 5.75 Å². The molecule has 0 radical (unpaired) electrons. The lowest BCUT2D eigenvalue weighted by molar-refractivity contribution is -0.192. The van der Waals surface area contributed by atoms with Gasteiger partial charge in [0.2, 0.25) is 5.91 Å². The van der Waals surface area contributed by atoms with Gasteiger partial charge >= 0.3 is 12.1 Å². The van der Waals surface area contributed by atoms with E-state index >= 15 is 4.39 Å². The number of benzene rings is 3. The van der Waals surface area contributed by atoms with E-state index in [1.54, 1.807) is 6.07 Å². The van der Waals surface area contributed by atoms with E-state index in [1.165, 1.54) is 19.2 Å². The Morgan fingerprint density at radius 1 is 1.05 bits per heavy atom. The average Bonchev–Trinajstić information content (AvgIpc) is 2.95. The van der Waals surface area contributed by atoms with E-state index in [1.807, 2.05) is 30.3 Å². The van der Waals surface area contributed by atoms with Crippen molar-refractivity contribution in [1.82, 2.24) is 5.32 Å². The Balaban J connectivity index is 0.000000616. The fraction of sp³-hybridized carbons (Fsp3) is 0.333. The molecule has 0 saturated heterocycles. The van der Waals surface area contributed by atoms with Gasteiger partial charge in [0.05, 0.1) is 12.7 Å². The number of carbonyl (C=O) groups excluding carboxylic acids is 1. The molecule has 3 aromatic rings. The Bertz CT molecular complexity index is 1380. The number of hydrogen-bond acceptors (Lipinski definition) is 5. The molecular formula is C30H32ClF4N3O4. The number of ether oxygens (including phenoxy) is 1. The molecule has 1 aliphatic rings. The van der Waals surface area contributed by atoms with E-state index in [2.05, 4.69) is 17.4 Å². The van der Waals surface area contributed by atoms with E-state index in [4.69, 9.17) is 37.7 Å². The van der Waals surface area contributed by atoms with Gasteiger partial charge in [-0.1, -0.05) is 48.0 Å². The van der Waals surface area contributed by atoms with Crippen LogP contribution < -0.4 is 21.5 Å². The first-order chi connectivity index (χ1) is 19.8. The third kappa shape index (κ3) is 8.43. The topological polar surface area (TPSA) is 128 Å². The SMILES string of the molecule is COc1ccc(C(N)=O)c(-c2cc(C(CNC3CCC(N)CC3)c3ccccc3)ccc2Cl)c1F.O=C(O)C(F)(F)F. The molecule has 0 aliphatic heterocycles. The van der Waals surface area contributed by atoms with Crippen LogP contribution in [0.1, 0.15) is 53.1 Å². The molecule has 7 nitrogen and oxygen atoms in total. The maximum absolute atomic E-state index is 15.4. The van der Waals surface area contributed by atoms with Crippen molar-refractivity contribution < 1.29 is 37.0 Å². The zero-order valence-corrected chi connectivity index (χ0v) is 23.5. The van der Waals surface area contributed by atoms with Crippen molar-refractivity contribution in [1.29, 1.82) is 0 Å². The summed E-state index contributed by atoms with van der Waals surface area (Å²) in [7, 11) is 1.37. The largest absolute Gasteiger partial charge is 0.494 e. The second kappa shape index (κ2) is 14.5. The summed E-state index contributed by atoms with van der Waals surface area (Å²) in [5, 5.41) is 11.2. The number of rotatable bonds is 8. The van der Waals surface area contributed by atoms with Crippen LogP contribution in [-0.2, 0) is 4.79 Å². The fourth-order valence-electron chi connectivity index (χ4n) is 4.86. The molecule has 12 heteroatoms. The summed E-state index contributed by atoms with van der Waals surface area (Å²) in [6.07, 6.45) is -0.954. The number of nitrogens with two attached hydrogens (primary N) is 2. The molecular weight excluding hydrogens is 578 g/mol. The molecule has 4 rings (SSSR count). The normalized spacial score (nSPS) is 17.5. The van der Waals surface area contributed by atoms with E-state index < -0.39 is 23.9 Å². The smallest absolute Gasteiger partial charge is 0.490 e. The average molecular weight is 610 g/mol. The van der Waals surface area contributed by atoms with E-state index in [0.717, 1.165) is 36.8 Å². The van der Waals surface area contributed by atoms with Gasteiger partial charge in [0.1, 0.15) is 0 Å². The van der Waals surface area contributed by atoms with Crippen LogP contribution >= 0.6 is 11.6 Å². The van der Waals surface area contributed by atoms with Crippen molar-refractivity contribution in [3.8, 4) is 16.9 Å². The number of amides is 1. The number of aliphatic carboxylic acids is 1. The van der Waals surface area contributed by atoms with Crippen LogP contribution in [0.4, 0.5) is 17.6 Å². The predicted molar refractivity (Wildman–Crippen MR) is 152 cm³/mol. The molecule has 0 bridgehead atoms. The van der Waals surface area contributed by atoms with Gasteiger partial charge in [0.15, 0.2) is 11.6 Å². The van der Waals surface area contributed by atoms with Gasteiger partial charge in [-0.05, 0) is 61.1 Å². The Kier molecular flexibility index (Phi) is 11.3. The molecule has 42 heavy (non-hydrogen) atoms. The monoisotopic (exact) mass is 609 g/mol. The number of primary amides is 1. The van der Waals surface area contributed by atoms with Gasteiger partial charge in [-0.3, -0.25) is 4.79 Å². The number of carboxylic acids is 1. The molecule has 6 N–H and O–H groups in total. The Morgan fingerprint density at radius 2 is 1.67 bits per heavy atom. The van der Waals surface area contributed by atoms with Crippen LogP contribution in [0, 0.1) is 5.82 Å². The number of halogens is 5. The number of carbonyl (C=O) groups is 2. The Morgan fingerprint density at radius 3 is 2.21 bits per heavy atom. The first-order valence-electron chi connectivity index (χ1n) is 13.1. The van der Waals surface area contributed by atoms with Crippen LogP contribution in [0.25, 0.3) is 11.1 Å². The van der Waals surface area contributed by atoms with Gasteiger partial charge in [-0.15, -0.1) is 0 Å². The van der Waals surface area contributed by atoms with Gasteiger partial charge in [0.25, 0.3) is 0 Å². The van der Waals surface area contributed by atoms with Crippen molar-refractivity contribution in [2.45, 2.75) is 49.9 Å². The predicted octanol–water partition coefficient (Wildman–Crippen LogP) is 5.88. The van der Waals surface area contributed by atoms with Crippen molar-refractivity contribution in [2.24, 2.45) is 11.5 Å². The number of carboxylic acid groups (broad SMARTS) is 1. The second-order valence-corrected chi connectivity index (χ2v) is 10.3. The van der Waals surface area contributed by atoms with Crippen molar-refractivity contribution >= 4 is 23.5 Å². The molecule has 1 unspecified atom stereocenters. The van der Waals surface area contributed by atoms with Crippen molar-refractivity contribution in [3.05, 3.63) is 88.2 Å². The molecule has 1 atom stereocenters. The zero-order chi connectivity index (χ0) is 31.0. The molecule has 1 fully saturated rings. The maximum atomic E-state index is 15.4. The molecule has 1 amide bonds. The summed E-state index contributed by atoms with van der Waals surface area (Å²) in [5.41, 5.74) is 14.2. The van der Waals surface area contributed by atoms with Crippen LogP contribution in [0.15, 0.2) is 60.7 Å². The molecule has 0 spiro atoms. The molecule has 226 valence electrons. The lowest BCUT2D eigenvalue weighted by Gasteiger charge is -2.29. The highest BCUT2D eigenvalue weighted by molar-refractivity contribution is 6.33. The molecule has 0 aromatic heterocycles. The summed E-state index contributed by atoms with van der Waals surface area (Å²) < 4.78 is 52.3. The second-order valence-electron chi connectivity index (χ2n) is 9.89. The highest BCUT2D eigenvalue weighted by atomic mass is 35.5. The lowest BCUT2D eigenvalue weighted by atomic mass is 9.87. The van der Waals surface area contributed by atoms with Gasteiger partial charge in [-0.25, -0.2) is 9.18 Å². The first kappa shape index (κ1) is 32.8. The van der Waals surface area contributed by atoms with Crippen LogP contribution in [0.3, 0.4) is 0 Å². The van der Waals surface area contributed by atoms with Crippen molar-refractivity contribution in [3.63, 3.8) is 0 Å². The number of alkyl halides is 3. The summed E-state index contributed by atoms with van der Waals surface area (Å²) >= 11 is 6.55. The minimum Gasteiger partial charge on any atom is -0.494 e. The minimum atomic E-state index is -5.08. The summed E-state index contributed by atoms with van der Waals surface area (Å²) in [5.74, 6) is -4.15. The quantitative estimate of drug-likeness (QED) is 0.236. The van der Waals surface area contributed by atoms with E-state index in [-0.39, 0.29) is 28.8 Å². The summed E-state index contributed by atoms with van der Waals surface area (Å²) in [6, 6.07) is 19.2. The summed E-state index contributed by atoms with van der Waals surface area (Å²) in [6.45, 7) is 0.703. The molecule has 1 saturated carbocycles. The van der Waals surface area contributed by atoms with E-state index in [0.29, 0.717) is 23.2 Å². The highest BCUT2D eigenvalue weighted by Gasteiger charge is 2.38. The number of hydrogen-bond donors (Lipinski definition) is 4. The van der Waals surface area contributed by atoms with Crippen LogP contribution in [0.2, 0.25) is 5.02 Å². The van der Waals surface area contributed by atoms with Gasteiger partial charge in [0, 0.05) is 40.7 Å². The van der Waals surface area contributed by atoms with Crippen molar-refractivity contribution in [2.75, 3.05) is 13.7 Å². The Labute approximate surface area is 245 Å². The zero-order valence-electron chi connectivity index (χ0n) is 22.8. The maximum Gasteiger partial charge on any atom is 0.490 e. The fourth-order valence-corrected chi connectivity index (χ4v) is 5.07. The Hall–Kier alpha value is -3.67. The standard InChI is InChI=1S/C28H31ClFN3O2.C2HF3O2/c1-35-25-14-12-21(28(32)34)26(27(25)30)22-15-18(7-13-24(22)29)23(17-5-3-2-4-6-17)16-33-20-10-8-19(31)9-11-20;3-2(4,5)1(6)7/h2-7,12-15,19-20,23,33H,8-11,16,31H2,1H3,(H2,32,34);(H,6,7). The molecule has 0 heterocycles. The van der Waals surface area contributed by atoms with E-state index in [9.17, 15) is 18.0 Å². The third-order valence-electron chi connectivity index (χ3n) is 7.08. The first-order valence-corrected chi connectivity index (χ1v) is 13.5. The molecule has 1 aliphatic carbocycles. The van der Waals surface area contributed by atoms with Crippen LogP contribution in [-0.4, -0.2) is 48.9 Å². The third-order valence-corrected chi connectivity index (χ3v) is 7.41. The van der Waals surface area contributed by atoms with Gasteiger partial charge < -0.3 is 26.6 Å². The minimum absolute atomic E-state index is 0.00601. The molecule has 3 aromatic carbocycles. The number of methoxy groups -OCH3 is 1. The van der Waals surface area contributed by atoms with Gasteiger partial charge in [-0.2, -0.15) is 13.2 Å². The lowest BCUT2D eigenvalue weighted by Crippen LogP contribution is -2.39. The summed E-state index contributed by atoms with van der Waals surface area (Å²) in [4.78, 5) is 21.0.